The highest BCUT2D eigenvalue weighted by Crippen LogP contribution is 2.39. The van der Waals surface area contributed by atoms with E-state index in [1.165, 1.54) is 5.56 Å². The maximum Gasteiger partial charge on any atom is 0.230 e. The predicted octanol–water partition coefficient (Wildman–Crippen LogP) is 1.80. The van der Waals surface area contributed by atoms with Crippen LogP contribution in [0.2, 0.25) is 0 Å². The van der Waals surface area contributed by atoms with Crippen molar-refractivity contribution >= 4 is 11.9 Å². The average molecular weight is 428 g/mol. The van der Waals surface area contributed by atoms with Gasteiger partial charge in [-0.05, 0) is 18.4 Å². The van der Waals surface area contributed by atoms with E-state index >= 15 is 0 Å². The third-order valence-electron chi connectivity index (χ3n) is 7.16. The molecule has 0 radical (unpaired) electrons. The number of fused-ring (bicyclic) bond motifs is 1. The Morgan fingerprint density at radius 1 is 1.23 bits per heavy atom. The first kappa shape index (κ1) is 22.1. The van der Waals surface area contributed by atoms with Crippen LogP contribution in [-0.2, 0) is 16.1 Å². The number of hydrogen-bond acceptors (Lipinski definition) is 4. The molecule has 1 amide bonds. The van der Waals surface area contributed by atoms with E-state index in [9.17, 15) is 4.79 Å². The van der Waals surface area contributed by atoms with Gasteiger partial charge in [-0.15, -0.1) is 0 Å². The second kappa shape index (κ2) is 9.57. The number of carbonyl (C=O) groups excluding carboxylic acids is 1. The first-order chi connectivity index (χ1) is 15.0. The number of amides is 1. The molecule has 7 nitrogen and oxygen atoms in total. The average Bonchev–Trinajstić information content (AvgIpc) is 3.43. The van der Waals surface area contributed by atoms with Crippen molar-refractivity contribution in [2.75, 3.05) is 53.9 Å². The van der Waals surface area contributed by atoms with Gasteiger partial charge in [-0.25, -0.2) is 0 Å². The lowest BCUT2D eigenvalue weighted by atomic mass is 9.84. The molecular formula is C24H37N5O2. The van der Waals surface area contributed by atoms with Crippen LogP contribution in [0.1, 0.15) is 31.2 Å². The normalized spacial score (nSPS) is 26.0. The molecule has 3 aliphatic rings. The molecule has 1 N–H and O–H groups in total. The fourth-order valence-corrected chi connectivity index (χ4v) is 5.52. The number of nitrogens with zero attached hydrogens (tertiary/aromatic N) is 4. The molecule has 2 saturated heterocycles. The highest BCUT2D eigenvalue weighted by molar-refractivity contribution is 5.85. The van der Waals surface area contributed by atoms with Crippen LogP contribution in [0, 0.1) is 5.41 Å². The predicted molar refractivity (Wildman–Crippen MR) is 123 cm³/mol. The van der Waals surface area contributed by atoms with Crippen LogP contribution >= 0.6 is 0 Å². The molecule has 2 heterocycles. The van der Waals surface area contributed by atoms with E-state index < -0.39 is 0 Å². The minimum Gasteiger partial charge on any atom is -0.373 e. The molecule has 3 fully saturated rings. The molecule has 1 aliphatic carbocycles. The van der Waals surface area contributed by atoms with Gasteiger partial charge in [0.05, 0.1) is 24.2 Å². The lowest BCUT2D eigenvalue weighted by Gasteiger charge is -2.36. The minimum atomic E-state index is -0.304. The van der Waals surface area contributed by atoms with E-state index in [0.717, 1.165) is 64.4 Å². The van der Waals surface area contributed by atoms with Gasteiger partial charge in [-0.1, -0.05) is 43.2 Å². The highest BCUT2D eigenvalue weighted by atomic mass is 16.5. The van der Waals surface area contributed by atoms with Gasteiger partial charge in [0.1, 0.15) is 0 Å². The largest absolute Gasteiger partial charge is 0.373 e. The summed E-state index contributed by atoms with van der Waals surface area (Å²) in [6, 6.07) is 11.0. The fourth-order valence-electron chi connectivity index (χ4n) is 5.52. The molecule has 31 heavy (non-hydrogen) atoms. The molecule has 7 heteroatoms. The number of ether oxygens (including phenoxy) is 1. The summed E-state index contributed by atoms with van der Waals surface area (Å²) >= 11 is 0. The Morgan fingerprint density at radius 2 is 1.97 bits per heavy atom. The van der Waals surface area contributed by atoms with Gasteiger partial charge in [0.25, 0.3) is 0 Å². The van der Waals surface area contributed by atoms with Crippen LogP contribution in [0.25, 0.3) is 0 Å². The standard InChI is InChI=1S/C24H37N5O2/c1-25-23(26-18-24(11-7-8-12-24)22(30)27(2)3)29-16-20-21(17-29)31-14-13-28(20)15-19-9-5-4-6-10-19/h4-6,9-10,20-21H,7-8,11-18H2,1-3H3,(H,25,26). The maximum absolute atomic E-state index is 12.9. The first-order valence-corrected chi connectivity index (χ1v) is 11.6. The van der Waals surface area contributed by atoms with Gasteiger partial charge in [-0.2, -0.15) is 0 Å². The highest BCUT2D eigenvalue weighted by Gasteiger charge is 2.44. The number of carbonyl (C=O) groups is 1. The fraction of sp³-hybridized carbons (Fsp3) is 0.667. The molecule has 170 valence electrons. The lowest BCUT2D eigenvalue weighted by Crippen LogP contribution is -2.51. The molecule has 2 unspecified atom stereocenters. The maximum atomic E-state index is 12.9. The third-order valence-corrected chi connectivity index (χ3v) is 7.16. The van der Waals surface area contributed by atoms with E-state index in [0.29, 0.717) is 12.6 Å². The molecule has 0 aromatic heterocycles. The molecular weight excluding hydrogens is 390 g/mol. The van der Waals surface area contributed by atoms with E-state index in [2.05, 4.69) is 50.4 Å². The van der Waals surface area contributed by atoms with E-state index in [-0.39, 0.29) is 17.4 Å². The number of nitrogens with one attached hydrogen (secondary N) is 1. The molecule has 2 atom stereocenters. The number of morpholine rings is 1. The monoisotopic (exact) mass is 427 g/mol. The van der Waals surface area contributed by atoms with Crippen LogP contribution in [-0.4, -0.2) is 92.6 Å². The Morgan fingerprint density at radius 3 is 2.65 bits per heavy atom. The van der Waals surface area contributed by atoms with E-state index in [1.807, 2.05) is 21.1 Å². The van der Waals surface area contributed by atoms with Gasteiger partial charge in [0.15, 0.2) is 5.96 Å². The summed E-state index contributed by atoms with van der Waals surface area (Å²) in [7, 11) is 5.56. The number of hydrogen-bond donors (Lipinski definition) is 1. The molecule has 0 bridgehead atoms. The van der Waals surface area contributed by atoms with Crippen LogP contribution in [0.3, 0.4) is 0 Å². The van der Waals surface area contributed by atoms with Gasteiger partial charge in [0.2, 0.25) is 5.91 Å². The first-order valence-electron chi connectivity index (χ1n) is 11.6. The molecule has 4 rings (SSSR count). The smallest absolute Gasteiger partial charge is 0.230 e. The molecule has 1 aromatic carbocycles. The summed E-state index contributed by atoms with van der Waals surface area (Å²) in [5.41, 5.74) is 1.04. The van der Waals surface area contributed by atoms with Crippen molar-refractivity contribution in [2.24, 2.45) is 10.4 Å². The zero-order valence-corrected chi connectivity index (χ0v) is 19.2. The van der Waals surface area contributed by atoms with Gasteiger partial charge in [-0.3, -0.25) is 14.7 Å². The number of likely N-dealkylation sites (tertiary alicyclic amines) is 1. The van der Waals surface area contributed by atoms with Crippen LogP contribution in [0.5, 0.6) is 0 Å². The molecule has 1 aromatic rings. The number of benzene rings is 1. The SMILES string of the molecule is CN=C(NCC1(C(=O)N(C)C)CCCC1)N1CC2OCCN(Cc3ccccc3)C2C1. The van der Waals surface area contributed by atoms with Crippen LogP contribution in [0.4, 0.5) is 0 Å². The van der Waals surface area contributed by atoms with Crippen molar-refractivity contribution in [1.29, 1.82) is 0 Å². The lowest BCUT2D eigenvalue weighted by molar-refractivity contribution is -0.138. The Kier molecular flexibility index (Phi) is 6.82. The van der Waals surface area contributed by atoms with Gasteiger partial charge < -0.3 is 19.9 Å². The van der Waals surface area contributed by atoms with E-state index in [4.69, 9.17) is 4.74 Å². The van der Waals surface area contributed by atoms with Crippen molar-refractivity contribution in [3.8, 4) is 0 Å². The summed E-state index contributed by atoms with van der Waals surface area (Å²) in [5, 5.41) is 3.56. The summed E-state index contributed by atoms with van der Waals surface area (Å²) < 4.78 is 6.14. The molecule has 2 aliphatic heterocycles. The summed E-state index contributed by atoms with van der Waals surface area (Å²) in [6.07, 6.45) is 4.34. The van der Waals surface area contributed by atoms with Crippen LogP contribution < -0.4 is 5.32 Å². The summed E-state index contributed by atoms with van der Waals surface area (Å²) in [5.74, 6) is 1.12. The molecule has 1 saturated carbocycles. The number of guanidine groups is 1. The minimum absolute atomic E-state index is 0.194. The number of aliphatic imine (C=N–C) groups is 1. The third kappa shape index (κ3) is 4.72. The van der Waals surface area contributed by atoms with Crippen molar-refractivity contribution in [1.82, 2.24) is 20.0 Å². The van der Waals surface area contributed by atoms with Gasteiger partial charge >= 0.3 is 0 Å². The zero-order chi connectivity index (χ0) is 21.8. The second-order valence-electron chi connectivity index (χ2n) is 9.43. The Labute approximate surface area is 186 Å². The quantitative estimate of drug-likeness (QED) is 0.574. The summed E-state index contributed by atoms with van der Waals surface area (Å²) in [6.45, 7) is 5.06. The summed E-state index contributed by atoms with van der Waals surface area (Å²) in [4.78, 5) is 24.1. The Balaban J connectivity index is 1.40. The van der Waals surface area contributed by atoms with Crippen molar-refractivity contribution in [3.63, 3.8) is 0 Å². The second-order valence-corrected chi connectivity index (χ2v) is 9.43. The van der Waals surface area contributed by atoms with Crippen molar-refractivity contribution in [2.45, 2.75) is 44.4 Å². The molecule has 0 spiro atoms. The topological polar surface area (TPSA) is 60.4 Å². The van der Waals surface area contributed by atoms with E-state index in [1.54, 1.807) is 4.90 Å². The number of rotatable bonds is 5. The zero-order valence-electron chi connectivity index (χ0n) is 19.2. The van der Waals surface area contributed by atoms with Crippen LogP contribution in [0.15, 0.2) is 35.3 Å². The van der Waals surface area contributed by atoms with Gasteiger partial charge in [0, 0.05) is 53.9 Å². The van der Waals surface area contributed by atoms with Crippen molar-refractivity contribution < 1.29 is 9.53 Å². The Bertz CT molecular complexity index is 775. The van der Waals surface area contributed by atoms with Crippen molar-refractivity contribution in [3.05, 3.63) is 35.9 Å². The Hall–Kier alpha value is -2.12.